The van der Waals surface area contributed by atoms with Crippen molar-refractivity contribution in [3.63, 3.8) is 0 Å². The average molecular weight is 273 g/mol. The summed E-state index contributed by atoms with van der Waals surface area (Å²) in [5.41, 5.74) is 3.49. The van der Waals surface area contributed by atoms with Crippen LogP contribution in [0.15, 0.2) is 18.2 Å². The molecule has 20 heavy (non-hydrogen) atoms. The van der Waals surface area contributed by atoms with Crippen LogP contribution in [0.3, 0.4) is 0 Å². The number of anilines is 1. The molecule has 1 aromatic rings. The summed E-state index contributed by atoms with van der Waals surface area (Å²) in [6.07, 6.45) is 6.40. The Hall–Kier alpha value is -1.35. The first-order valence-electron chi connectivity index (χ1n) is 7.74. The summed E-state index contributed by atoms with van der Waals surface area (Å²) in [7, 11) is 0. The maximum atomic E-state index is 11.4. The van der Waals surface area contributed by atoms with Crippen molar-refractivity contribution >= 4 is 11.5 Å². The quantitative estimate of drug-likeness (QED) is 0.772. The van der Waals surface area contributed by atoms with Crippen LogP contribution in [-0.4, -0.2) is 31.6 Å². The van der Waals surface area contributed by atoms with E-state index in [0.29, 0.717) is 6.10 Å². The first kappa shape index (κ1) is 13.6. The second-order valence-electron chi connectivity index (χ2n) is 5.91. The van der Waals surface area contributed by atoms with E-state index in [-0.39, 0.29) is 5.78 Å². The highest BCUT2D eigenvalue weighted by atomic mass is 16.5. The number of carbonyl (C=O) groups is 1. The van der Waals surface area contributed by atoms with Gasteiger partial charge in [0, 0.05) is 30.9 Å². The fourth-order valence-electron chi connectivity index (χ4n) is 3.30. The van der Waals surface area contributed by atoms with Gasteiger partial charge in [-0.15, -0.1) is 0 Å². The zero-order chi connectivity index (χ0) is 13.9. The molecule has 108 valence electrons. The lowest BCUT2D eigenvalue weighted by Crippen LogP contribution is -2.22. The van der Waals surface area contributed by atoms with E-state index in [2.05, 4.69) is 17.0 Å². The number of ether oxygens (including phenoxy) is 1. The van der Waals surface area contributed by atoms with Crippen molar-refractivity contribution < 1.29 is 9.53 Å². The highest BCUT2D eigenvalue weighted by Crippen LogP contribution is 2.29. The maximum absolute atomic E-state index is 11.4. The van der Waals surface area contributed by atoms with Crippen LogP contribution in [0.25, 0.3) is 0 Å². The standard InChI is InChI=1S/C17H23NO2/c1-13(19)14-6-7-17-15(12-14)8-10-18(17)9-2-4-16-5-3-11-20-16/h6-7,12,16H,2-5,8-11H2,1H3. The molecule has 0 spiro atoms. The van der Waals surface area contributed by atoms with E-state index in [0.717, 1.165) is 31.7 Å². The number of rotatable bonds is 5. The van der Waals surface area contributed by atoms with Crippen LogP contribution in [0, 0.1) is 0 Å². The third-order valence-corrected chi connectivity index (χ3v) is 4.46. The number of hydrogen-bond donors (Lipinski definition) is 0. The number of carbonyl (C=O) groups excluding carboxylic acids is 1. The van der Waals surface area contributed by atoms with Crippen molar-refractivity contribution in [3.05, 3.63) is 29.3 Å². The largest absolute Gasteiger partial charge is 0.378 e. The average Bonchev–Trinajstić information content (AvgIpc) is 3.08. The van der Waals surface area contributed by atoms with Crippen molar-refractivity contribution in [1.82, 2.24) is 0 Å². The molecule has 0 saturated carbocycles. The van der Waals surface area contributed by atoms with Crippen molar-refractivity contribution in [2.24, 2.45) is 0 Å². The van der Waals surface area contributed by atoms with Gasteiger partial charge in [0.05, 0.1) is 6.10 Å². The molecule has 3 rings (SSSR count). The molecule has 0 aliphatic carbocycles. The predicted octanol–water partition coefficient (Wildman–Crippen LogP) is 3.21. The summed E-state index contributed by atoms with van der Waals surface area (Å²) in [6, 6.07) is 6.14. The second-order valence-corrected chi connectivity index (χ2v) is 5.91. The highest BCUT2D eigenvalue weighted by molar-refractivity contribution is 5.94. The van der Waals surface area contributed by atoms with Crippen LogP contribution in [0.2, 0.25) is 0 Å². The SMILES string of the molecule is CC(=O)c1ccc2c(c1)CCN2CCCC1CCCO1. The Bertz CT molecular complexity index is 492. The van der Waals surface area contributed by atoms with Gasteiger partial charge in [0.1, 0.15) is 0 Å². The highest BCUT2D eigenvalue weighted by Gasteiger charge is 2.21. The number of ketones is 1. The maximum Gasteiger partial charge on any atom is 0.159 e. The number of benzene rings is 1. The Morgan fingerprint density at radius 1 is 1.45 bits per heavy atom. The second kappa shape index (κ2) is 5.96. The van der Waals surface area contributed by atoms with Crippen LogP contribution in [0.5, 0.6) is 0 Å². The van der Waals surface area contributed by atoms with Gasteiger partial charge in [-0.05, 0) is 62.8 Å². The zero-order valence-corrected chi connectivity index (χ0v) is 12.2. The minimum atomic E-state index is 0.157. The molecule has 1 aromatic carbocycles. The third-order valence-electron chi connectivity index (χ3n) is 4.46. The van der Waals surface area contributed by atoms with Crippen LogP contribution in [0.4, 0.5) is 5.69 Å². The Morgan fingerprint density at radius 3 is 3.10 bits per heavy atom. The number of hydrogen-bond acceptors (Lipinski definition) is 3. The first-order chi connectivity index (χ1) is 9.74. The zero-order valence-electron chi connectivity index (χ0n) is 12.2. The van der Waals surface area contributed by atoms with Gasteiger partial charge in [0.25, 0.3) is 0 Å². The topological polar surface area (TPSA) is 29.5 Å². The Kier molecular flexibility index (Phi) is 4.06. The van der Waals surface area contributed by atoms with Crippen molar-refractivity contribution in [3.8, 4) is 0 Å². The molecule has 0 aromatic heterocycles. The van der Waals surface area contributed by atoms with Crippen molar-refractivity contribution in [1.29, 1.82) is 0 Å². The van der Waals surface area contributed by atoms with Gasteiger partial charge in [0.2, 0.25) is 0 Å². The molecular formula is C17H23NO2. The van der Waals surface area contributed by atoms with E-state index < -0.39 is 0 Å². The van der Waals surface area contributed by atoms with Crippen LogP contribution in [0.1, 0.15) is 48.5 Å². The fraction of sp³-hybridized carbons (Fsp3) is 0.588. The van der Waals surface area contributed by atoms with Crippen molar-refractivity contribution in [2.45, 2.75) is 45.1 Å². The van der Waals surface area contributed by atoms with Gasteiger partial charge >= 0.3 is 0 Å². The van der Waals surface area contributed by atoms with Gasteiger partial charge in [-0.3, -0.25) is 4.79 Å². The molecule has 0 radical (unpaired) electrons. The number of fused-ring (bicyclic) bond motifs is 1. The lowest BCUT2D eigenvalue weighted by Gasteiger charge is -2.20. The normalized spacial score (nSPS) is 21.2. The third kappa shape index (κ3) is 2.88. The fourth-order valence-corrected chi connectivity index (χ4v) is 3.30. The molecule has 1 fully saturated rings. The van der Waals surface area contributed by atoms with Gasteiger partial charge < -0.3 is 9.64 Å². The molecule has 1 unspecified atom stereocenters. The van der Waals surface area contributed by atoms with Gasteiger partial charge in [0.15, 0.2) is 5.78 Å². The monoisotopic (exact) mass is 273 g/mol. The van der Waals surface area contributed by atoms with Gasteiger partial charge in [-0.25, -0.2) is 0 Å². The van der Waals surface area contributed by atoms with Crippen LogP contribution >= 0.6 is 0 Å². The molecule has 2 aliphatic rings. The smallest absolute Gasteiger partial charge is 0.159 e. The Labute approximate surface area is 120 Å². The summed E-state index contributed by atoms with van der Waals surface area (Å²) >= 11 is 0. The summed E-state index contributed by atoms with van der Waals surface area (Å²) in [4.78, 5) is 13.9. The van der Waals surface area contributed by atoms with Crippen LogP contribution < -0.4 is 4.90 Å². The van der Waals surface area contributed by atoms with E-state index in [1.165, 1.54) is 36.9 Å². The van der Waals surface area contributed by atoms with Gasteiger partial charge in [-0.1, -0.05) is 0 Å². The first-order valence-corrected chi connectivity index (χ1v) is 7.74. The molecule has 2 heterocycles. The lowest BCUT2D eigenvalue weighted by molar-refractivity contribution is 0.101. The molecular weight excluding hydrogens is 250 g/mol. The Balaban J connectivity index is 1.57. The molecule has 0 N–H and O–H groups in total. The molecule has 3 heteroatoms. The molecule has 1 atom stereocenters. The lowest BCUT2D eigenvalue weighted by atomic mass is 10.1. The van der Waals surface area contributed by atoms with E-state index >= 15 is 0 Å². The number of nitrogens with zero attached hydrogens (tertiary/aromatic N) is 1. The van der Waals surface area contributed by atoms with E-state index in [9.17, 15) is 4.79 Å². The summed E-state index contributed by atoms with van der Waals surface area (Å²) in [6.45, 7) is 4.77. The molecule has 0 bridgehead atoms. The van der Waals surface area contributed by atoms with Gasteiger partial charge in [-0.2, -0.15) is 0 Å². The molecule has 1 saturated heterocycles. The van der Waals surface area contributed by atoms with Crippen LogP contribution in [-0.2, 0) is 11.2 Å². The predicted molar refractivity (Wildman–Crippen MR) is 80.6 cm³/mol. The summed E-state index contributed by atoms with van der Waals surface area (Å²) in [5, 5.41) is 0. The summed E-state index contributed by atoms with van der Waals surface area (Å²) < 4.78 is 5.67. The van der Waals surface area contributed by atoms with E-state index in [4.69, 9.17) is 4.74 Å². The van der Waals surface area contributed by atoms with E-state index in [1.54, 1.807) is 6.92 Å². The molecule has 0 amide bonds. The minimum absolute atomic E-state index is 0.157. The minimum Gasteiger partial charge on any atom is -0.378 e. The number of Topliss-reactive ketones (excluding diaryl/α,β-unsaturated/α-hetero) is 1. The van der Waals surface area contributed by atoms with Crippen molar-refractivity contribution in [2.75, 3.05) is 24.6 Å². The van der Waals surface area contributed by atoms with E-state index in [1.807, 2.05) is 6.07 Å². The summed E-state index contributed by atoms with van der Waals surface area (Å²) in [5.74, 6) is 0.157. The molecule has 3 nitrogen and oxygen atoms in total. The Morgan fingerprint density at radius 2 is 2.35 bits per heavy atom. The molecule has 2 aliphatic heterocycles.